The Morgan fingerprint density at radius 1 is 1.75 bits per heavy atom. The van der Waals surface area contributed by atoms with E-state index in [-0.39, 0.29) is 0 Å². The number of hydrogen-bond donors (Lipinski definition) is 2. The van der Waals surface area contributed by atoms with Gasteiger partial charge < -0.3 is 0 Å². The summed E-state index contributed by atoms with van der Waals surface area (Å²) in [4.78, 5) is 0. The van der Waals surface area contributed by atoms with Crippen molar-refractivity contribution >= 4 is 5.84 Å². The van der Waals surface area contributed by atoms with E-state index in [9.17, 15) is 0 Å². The van der Waals surface area contributed by atoms with Crippen LogP contribution in [0.3, 0.4) is 0 Å². The molecule has 0 atom stereocenters. The zero-order valence-corrected chi connectivity index (χ0v) is 4.59. The maximum atomic E-state index is 7.11. The minimum absolute atomic E-state index is 0.399. The van der Waals surface area contributed by atoms with E-state index in [0.29, 0.717) is 5.84 Å². The molecule has 0 aromatic heterocycles. The average molecular weight is 111 g/mol. The second kappa shape index (κ2) is 1.96. The Balaban J connectivity index is 2.60. The van der Waals surface area contributed by atoms with Gasteiger partial charge in [0.05, 0.1) is 0 Å². The second-order valence-corrected chi connectivity index (χ2v) is 1.77. The van der Waals surface area contributed by atoms with Gasteiger partial charge in [-0.2, -0.15) is 0 Å². The molecule has 8 heavy (non-hydrogen) atoms. The lowest BCUT2D eigenvalue weighted by Gasteiger charge is -2.18. The molecule has 1 aliphatic heterocycles. The molecule has 0 aromatic rings. The smallest absolute Gasteiger partial charge is 0.134 e. The van der Waals surface area contributed by atoms with Crippen molar-refractivity contribution in [3.8, 4) is 0 Å². The molecule has 0 saturated carbocycles. The highest BCUT2D eigenvalue weighted by Gasteiger charge is 2.02. The monoisotopic (exact) mass is 111 g/mol. The van der Waals surface area contributed by atoms with Crippen LogP contribution in [0.25, 0.3) is 0 Å². The molecule has 3 heteroatoms. The molecule has 0 bridgehead atoms. The van der Waals surface area contributed by atoms with Crippen LogP contribution in [0.1, 0.15) is 6.42 Å². The van der Waals surface area contributed by atoms with E-state index in [0.717, 1.165) is 13.0 Å². The van der Waals surface area contributed by atoms with Crippen molar-refractivity contribution < 1.29 is 0 Å². The number of amidine groups is 1. The van der Waals surface area contributed by atoms with E-state index in [1.165, 1.54) is 5.01 Å². The molecule has 44 valence electrons. The van der Waals surface area contributed by atoms with Crippen LogP contribution >= 0.6 is 0 Å². The quantitative estimate of drug-likeness (QED) is 0.435. The van der Waals surface area contributed by atoms with E-state index in [2.05, 4.69) is 0 Å². The molecule has 1 rings (SSSR count). The maximum Gasteiger partial charge on any atom is 0.134 e. The van der Waals surface area contributed by atoms with Crippen molar-refractivity contribution in [2.75, 3.05) is 6.54 Å². The Bertz CT molecular complexity index is 128. The van der Waals surface area contributed by atoms with Crippen LogP contribution < -0.4 is 5.84 Å². The number of hydrazine groups is 1. The van der Waals surface area contributed by atoms with Gasteiger partial charge in [0.25, 0.3) is 0 Å². The fourth-order valence-electron chi connectivity index (χ4n) is 0.625. The molecule has 0 saturated heterocycles. The largest absolute Gasteiger partial charge is 0.295 e. The topological polar surface area (TPSA) is 53.1 Å². The lowest BCUT2D eigenvalue weighted by molar-refractivity contribution is 0.440. The average Bonchev–Trinajstić information content (AvgIpc) is 1.77. The lowest BCUT2D eigenvalue weighted by Crippen LogP contribution is -2.38. The minimum atomic E-state index is 0.399. The summed E-state index contributed by atoms with van der Waals surface area (Å²) in [5.74, 6) is 5.74. The molecule has 0 radical (unpaired) electrons. The third kappa shape index (κ3) is 0.869. The first-order valence-electron chi connectivity index (χ1n) is 2.58. The molecule has 3 nitrogen and oxygen atoms in total. The van der Waals surface area contributed by atoms with Gasteiger partial charge in [-0.05, 0) is 12.5 Å². The van der Waals surface area contributed by atoms with E-state index in [4.69, 9.17) is 11.3 Å². The number of nitrogens with two attached hydrogens (primary N) is 1. The zero-order valence-electron chi connectivity index (χ0n) is 4.59. The van der Waals surface area contributed by atoms with Crippen molar-refractivity contribution in [2.24, 2.45) is 5.84 Å². The van der Waals surface area contributed by atoms with Crippen molar-refractivity contribution in [2.45, 2.75) is 6.42 Å². The molecular weight excluding hydrogens is 102 g/mol. The fourth-order valence-corrected chi connectivity index (χ4v) is 0.625. The highest BCUT2D eigenvalue weighted by molar-refractivity contribution is 5.90. The zero-order chi connectivity index (χ0) is 5.98. The van der Waals surface area contributed by atoms with Gasteiger partial charge in [-0.25, -0.2) is 5.84 Å². The summed E-state index contributed by atoms with van der Waals surface area (Å²) in [5.41, 5.74) is 0. The molecular formula is C5H9N3. The number of hydrogen-bond acceptors (Lipinski definition) is 2. The number of nitrogens with zero attached hydrogens (tertiary/aromatic N) is 1. The number of nitrogens with one attached hydrogen (secondary N) is 1. The molecule has 0 aliphatic carbocycles. The molecule has 0 aromatic carbocycles. The SMILES string of the molecule is N=C1C=CCCN1N. The van der Waals surface area contributed by atoms with Crippen molar-refractivity contribution in [1.29, 1.82) is 5.41 Å². The Morgan fingerprint density at radius 2 is 2.50 bits per heavy atom. The first-order valence-corrected chi connectivity index (χ1v) is 2.58. The molecule has 3 N–H and O–H groups in total. The van der Waals surface area contributed by atoms with Gasteiger partial charge in [0.15, 0.2) is 0 Å². The Labute approximate surface area is 48.3 Å². The molecule has 1 heterocycles. The Hall–Kier alpha value is -0.830. The normalized spacial score (nSPS) is 19.6. The van der Waals surface area contributed by atoms with Crippen LogP contribution in [-0.4, -0.2) is 17.4 Å². The minimum Gasteiger partial charge on any atom is -0.295 e. The van der Waals surface area contributed by atoms with Crippen LogP contribution in [0.15, 0.2) is 12.2 Å². The maximum absolute atomic E-state index is 7.11. The molecule has 0 unspecified atom stereocenters. The predicted molar refractivity (Wildman–Crippen MR) is 32.4 cm³/mol. The summed E-state index contributed by atoms with van der Waals surface area (Å²) < 4.78 is 0. The van der Waals surface area contributed by atoms with E-state index >= 15 is 0 Å². The summed E-state index contributed by atoms with van der Waals surface area (Å²) in [5, 5.41) is 8.54. The van der Waals surface area contributed by atoms with Gasteiger partial charge in [0.2, 0.25) is 0 Å². The molecule has 0 amide bonds. The second-order valence-electron chi connectivity index (χ2n) is 1.77. The number of rotatable bonds is 0. The highest BCUT2D eigenvalue weighted by atomic mass is 15.4. The fraction of sp³-hybridized carbons (Fsp3) is 0.400. The van der Waals surface area contributed by atoms with Crippen LogP contribution in [-0.2, 0) is 0 Å². The van der Waals surface area contributed by atoms with Gasteiger partial charge in [0.1, 0.15) is 5.84 Å². The Kier molecular flexibility index (Phi) is 1.30. The molecule has 0 fully saturated rings. The summed E-state index contributed by atoms with van der Waals surface area (Å²) in [6.45, 7) is 0.773. The highest BCUT2D eigenvalue weighted by Crippen LogP contribution is 1.95. The summed E-state index contributed by atoms with van der Waals surface area (Å²) >= 11 is 0. The predicted octanol–water partition coefficient (Wildman–Crippen LogP) is 0.0993. The first kappa shape index (κ1) is 5.31. The summed E-state index contributed by atoms with van der Waals surface area (Å²) in [6.07, 6.45) is 4.62. The van der Waals surface area contributed by atoms with Crippen LogP contribution in [0, 0.1) is 5.41 Å². The summed E-state index contributed by atoms with van der Waals surface area (Å²) in [7, 11) is 0. The van der Waals surface area contributed by atoms with Crippen LogP contribution in [0.5, 0.6) is 0 Å². The molecule has 1 aliphatic rings. The standard InChI is InChI=1S/C5H9N3/c6-5-3-1-2-4-8(5)7/h1,3,6H,2,4,7H2. The van der Waals surface area contributed by atoms with Crippen molar-refractivity contribution in [3.63, 3.8) is 0 Å². The van der Waals surface area contributed by atoms with Gasteiger partial charge in [0, 0.05) is 6.54 Å². The van der Waals surface area contributed by atoms with E-state index < -0.39 is 0 Å². The van der Waals surface area contributed by atoms with E-state index in [1.54, 1.807) is 6.08 Å². The van der Waals surface area contributed by atoms with Gasteiger partial charge in [-0.15, -0.1) is 0 Å². The van der Waals surface area contributed by atoms with Gasteiger partial charge in [-0.1, -0.05) is 6.08 Å². The van der Waals surface area contributed by atoms with E-state index in [1.807, 2.05) is 6.08 Å². The first-order chi connectivity index (χ1) is 3.80. The third-order valence-corrected chi connectivity index (χ3v) is 1.12. The molecule has 0 spiro atoms. The Morgan fingerprint density at radius 3 is 2.88 bits per heavy atom. The van der Waals surface area contributed by atoms with Crippen LogP contribution in [0.2, 0.25) is 0 Å². The lowest BCUT2D eigenvalue weighted by atomic mass is 10.3. The van der Waals surface area contributed by atoms with Crippen molar-refractivity contribution in [1.82, 2.24) is 5.01 Å². The third-order valence-electron chi connectivity index (χ3n) is 1.12. The van der Waals surface area contributed by atoms with Crippen LogP contribution in [0.4, 0.5) is 0 Å². The van der Waals surface area contributed by atoms with Gasteiger partial charge in [-0.3, -0.25) is 10.4 Å². The summed E-state index contributed by atoms with van der Waals surface area (Å²) in [6, 6.07) is 0. The van der Waals surface area contributed by atoms with Gasteiger partial charge >= 0.3 is 0 Å². The van der Waals surface area contributed by atoms with Crippen molar-refractivity contribution in [3.05, 3.63) is 12.2 Å².